The number of alkyl carbamates (subject to hydrolysis) is 1. The fraction of sp³-hybridized carbons (Fsp3) is 0.130. The molecule has 0 aliphatic carbocycles. The third kappa shape index (κ3) is 3.48. The summed E-state index contributed by atoms with van der Waals surface area (Å²) >= 11 is 12.1. The number of carbonyl (C=O) groups excluding carboxylic acids is 2. The molecule has 0 bridgehead atoms. The number of rotatable bonds is 4. The Morgan fingerprint density at radius 1 is 1.06 bits per heavy atom. The van der Waals surface area contributed by atoms with Crippen LogP contribution in [-0.2, 0) is 25.0 Å². The van der Waals surface area contributed by atoms with Crippen LogP contribution in [0, 0.1) is 0 Å². The molecule has 0 saturated carbocycles. The molecule has 3 aromatic rings. The van der Waals surface area contributed by atoms with Crippen LogP contribution in [0.25, 0.3) is 0 Å². The lowest BCUT2D eigenvalue weighted by Crippen LogP contribution is -2.56. The van der Waals surface area contributed by atoms with Gasteiger partial charge in [-0.25, -0.2) is 22.3 Å². The monoisotopic (exact) mass is 518 g/mol. The summed E-state index contributed by atoms with van der Waals surface area (Å²) in [5, 5.41) is 3.02. The van der Waals surface area contributed by atoms with E-state index in [-0.39, 0.29) is 27.8 Å². The van der Waals surface area contributed by atoms with E-state index in [0.717, 1.165) is 4.31 Å². The topological polar surface area (TPSA) is 102 Å². The molecular formula is C23H16Cl2N2O6S. The molecule has 2 heterocycles. The molecular weight excluding hydrogens is 503 g/mol. The molecule has 0 radical (unpaired) electrons. The Balaban J connectivity index is 1.67. The lowest BCUT2D eigenvalue weighted by Gasteiger charge is -2.33. The number of esters is 1. The van der Waals surface area contributed by atoms with Gasteiger partial charge in [0.2, 0.25) is 6.23 Å². The number of amides is 1. The molecule has 5 rings (SSSR count). The molecule has 1 N–H and O–H groups in total. The van der Waals surface area contributed by atoms with Crippen LogP contribution in [0.4, 0.5) is 10.5 Å². The maximum atomic E-state index is 13.8. The first-order valence-electron chi connectivity index (χ1n) is 10.0. The van der Waals surface area contributed by atoms with Crippen molar-refractivity contribution in [3.05, 3.63) is 94.0 Å². The second kappa shape index (κ2) is 8.19. The number of nitrogens with zero attached hydrogens (tertiary/aromatic N) is 1. The zero-order chi connectivity index (χ0) is 24.1. The Labute approximate surface area is 205 Å². The molecule has 1 spiro atoms. The standard InChI is InChI=1S/C23H16Cl2N2O6S/c24-14-10-11-16(18(25)12-14)20(28)33-21-23(13-32-22(29)26-23)17-8-4-5-9-19(17)27(21)34(30,31)15-6-2-1-3-7-15/h1-12,21H,13H2,(H,26,29)/t21-,23-/m1/s1. The SMILES string of the molecule is O=C1N[C@]2(CO1)c1ccccc1N(S(=O)(=O)c1ccccc1)[C@@H]2OC(=O)c1ccc(Cl)cc1Cl. The molecule has 1 fully saturated rings. The van der Waals surface area contributed by atoms with Crippen LogP contribution in [0.1, 0.15) is 15.9 Å². The number of halogens is 2. The average molecular weight is 519 g/mol. The van der Waals surface area contributed by atoms with Crippen molar-refractivity contribution >= 4 is 51.0 Å². The molecule has 34 heavy (non-hydrogen) atoms. The van der Waals surface area contributed by atoms with Gasteiger partial charge in [-0.1, -0.05) is 59.6 Å². The van der Waals surface area contributed by atoms with Gasteiger partial charge in [-0.2, -0.15) is 0 Å². The van der Waals surface area contributed by atoms with Crippen LogP contribution >= 0.6 is 23.2 Å². The van der Waals surface area contributed by atoms with Crippen LogP contribution in [0.2, 0.25) is 10.0 Å². The highest BCUT2D eigenvalue weighted by Gasteiger charge is 2.61. The third-order valence-corrected chi connectivity index (χ3v) is 8.00. The molecule has 1 saturated heterocycles. The van der Waals surface area contributed by atoms with E-state index >= 15 is 0 Å². The zero-order valence-electron chi connectivity index (χ0n) is 17.3. The normalized spacial score (nSPS) is 21.2. The highest BCUT2D eigenvalue weighted by Crippen LogP contribution is 2.49. The molecule has 2 aliphatic heterocycles. The lowest BCUT2D eigenvalue weighted by atomic mass is 9.92. The summed E-state index contributed by atoms with van der Waals surface area (Å²) in [7, 11) is -4.23. The number of para-hydroxylation sites is 1. The van der Waals surface area contributed by atoms with Gasteiger partial charge in [0.05, 0.1) is 21.2 Å². The summed E-state index contributed by atoms with van der Waals surface area (Å²) in [4.78, 5) is 25.3. The Morgan fingerprint density at radius 2 is 1.76 bits per heavy atom. The maximum absolute atomic E-state index is 13.8. The first-order valence-corrected chi connectivity index (χ1v) is 12.2. The van der Waals surface area contributed by atoms with Crippen molar-refractivity contribution in [3.63, 3.8) is 0 Å². The van der Waals surface area contributed by atoms with Crippen molar-refractivity contribution in [1.82, 2.24) is 5.32 Å². The summed E-state index contributed by atoms with van der Waals surface area (Å²) in [5.74, 6) is -0.895. The first-order chi connectivity index (χ1) is 16.2. The van der Waals surface area contributed by atoms with E-state index in [1.807, 2.05) is 0 Å². The summed E-state index contributed by atoms with van der Waals surface area (Å²) < 4.78 is 39.5. The molecule has 2 aliphatic rings. The van der Waals surface area contributed by atoms with Crippen molar-refractivity contribution in [1.29, 1.82) is 0 Å². The van der Waals surface area contributed by atoms with Crippen molar-refractivity contribution in [2.75, 3.05) is 10.9 Å². The number of hydrogen-bond donors (Lipinski definition) is 1. The number of hydrogen-bond acceptors (Lipinski definition) is 6. The van der Waals surface area contributed by atoms with Gasteiger partial charge in [0.15, 0.2) is 5.54 Å². The summed E-state index contributed by atoms with van der Waals surface area (Å²) in [5.41, 5.74) is -0.804. The van der Waals surface area contributed by atoms with Crippen LogP contribution in [0.3, 0.4) is 0 Å². The van der Waals surface area contributed by atoms with E-state index < -0.39 is 33.9 Å². The fourth-order valence-electron chi connectivity index (χ4n) is 4.14. The minimum Gasteiger partial charge on any atom is -0.446 e. The van der Waals surface area contributed by atoms with Gasteiger partial charge in [0, 0.05) is 10.6 Å². The van der Waals surface area contributed by atoms with E-state index in [4.69, 9.17) is 32.7 Å². The van der Waals surface area contributed by atoms with Crippen LogP contribution in [0.15, 0.2) is 77.7 Å². The van der Waals surface area contributed by atoms with Crippen molar-refractivity contribution < 1.29 is 27.5 Å². The van der Waals surface area contributed by atoms with Crippen molar-refractivity contribution in [3.8, 4) is 0 Å². The smallest absolute Gasteiger partial charge is 0.408 e. The Kier molecular flexibility index (Phi) is 5.43. The van der Waals surface area contributed by atoms with Crippen molar-refractivity contribution in [2.45, 2.75) is 16.7 Å². The molecule has 11 heteroatoms. The molecule has 0 aromatic heterocycles. The maximum Gasteiger partial charge on any atom is 0.408 e. The van der Waals surface area contributed by atoms with Gasteiger partial charge in [0.25, 0.3) is 10.0 Å². The summed E-state index contributed by atoms with van der Waals surface area (Å²) in [6.45, 7) is -0.254. The Hall–Kier alpha value is -3.27. The minimum atomic E-state index is -4.23. The number of carbonyl (C=O) groups is 2. The number of nitrogens with one attached hydrogen (secondary N) is 1. The van der Waals surface area contributed by atoms with Gasteiger partial charge in [-0.05, 0) is 36.4 Å². The largest absolute Gasteiger partial charge is 0.446 e. The van der Waals surface area contributed by atoms with E-state index in [2.05, 4.69) is 5.32 Å². The second-order valence-corrected chi connectivity index (χ2v) is 10.3. The summed E-state index contributed by atoms with van der Waals surface area (Å²) in [6.07, 6.45) is -2.26. The van der Waals surface area contributed by atoms with Crippen molar-refractivity contribution in [2.24, 2.45) is 0 Å². The Bertz CT molecular complexity index is 1420. The fourth-order valence-corrected chi connectivity index (χ4v) is 6.25. The Morgan fingerprint density at radius 3 is 2.44 bits per heavy atom. The summed E-state index contributed by atoms with van der Waals surface area (Å²) in [6, 6.07) is 18.5. The number of benzene rings is 3. The number of fused-ring (bicyclic) bond motifs is 2. The average Bonchev–Trinajstić information content (AvgIpc) is 3.33. The molecule has 2 atom stereocenters. The highest BCUT2D eigenvalue weighted by atomic mass is 35.5. The lowest BCUT2D eigenvalue weighted by molar-refractivity contribution is 0.00815. The van der Waals surface area contributed by atoms with Gasteiger partial charge in [-0.15, -0.1) is 0 Å². The molecule has 3 aromatic carbocycles. The number of anilines is 1. The van der Waals surface area contributed by atoms with Gasteiger partial charge >= 0.3 is 12.1 Å². The quantitative estimate of drug-likeness (QED) is 0.516. The number of sulfonamides is 1. The van der Waals surface area contributed by atoms with Gasteiger partial charge in [-0.3, -0.25) is 0 Å². The molecule has 1 amide bonds. The zero-order valence-corrected chi connectivity index (χ0v) is 19.6. The second-order valence-electron chi connectivity index (χ2n) is 7.69. The number of cyclic esters (lactones) is 1. The third-order valence-electron chi connectivity index (χ3n) is 5.68. The van der Waals surface area contributed by atoms with Crippen LogP contribution < -0.4 is 9.62 Å². The highest BCUT2D eigenvalue weighted by molar-refractivity contribution is 7.92. The molecule has 0 unspecified atom stereocenters. The van der Waals surface area contributed by atoms with Crippen LogP contribution in [-0.4, -0.2) is 33.3 Å². The van der Waals surface area contributed by atoms with Crippen LogP contribution in [0.5, 0.6) is 0 Å². The minimum absolute atomic E-state index is 0.0144. The van der Waals surface area contributed by atoms with E-state index in [0.29, 0.717) is 10.6 Å². The van der Waals surface area contributed by atoms with E-state index in [1.165, 1.54) is 30.3 Å². The molecule has 174 valence electrons. The molecule has 8 nitrogen and oxygen atoms in total. The predicted octanol–water partition coefficient (Wildman–Crippen LogP) is 4.32. The van der Waals surface area contributed by atoms with E-state index in [9.17, 15) is 18.0 Å². The first kappa shape index (κ1) is 22.5. The van der Waals surface area contributed by atoms with E-state index in [1.54, 1.807) is 42.5 Å². The van der Waals surface area contributed by atoms with Gasteiger partial charge < -0.3 is 14.8 Å². The number of ether oxygens (including phenoxy) is 2. The van der Waals surface area contributed by atoms with Gasteiger partial charge in [0.1, 0.15) is 6.61 Å². The predicted molar refractivity (Wildman–Crippen MR) is 124 cm³/mol.